The average molecular weight is 861 g/mol. The monoisotopic (exact) mass is 861 g/mol. The minimum Gasteiger partial charge on any atom is -0.462 e. The van der Waals surface area contributed by atoms with Crippen molar-refractivity contribution in [2.75, 3.05) is 13.2 Å². The first-order valence-electron chi connectivity index (χ1n) is 25.2. The van der Waals surface area contributed by atoms with E-state index in [-0.39, 0.29) is 37.5 Å². The Balaban J connectivity index is 4.42. The van der Waals surface area contributed by atoms with Gasteiger partial charge >= 0.3 is 17.9 Å². The highest BCUT2D eigenvalue weighted by atomic mass is 16.6. The van der Waals surface area contributed by atoms with E-state index < -0.39 is 6.10 Å². The molecular formula is C56H92O6. The maximum atomic E-state index is 12.8. The Morgan fingerprint density at radius 1 is 0.339 bits per heavy atom. The lowest BCUT2D eigenvalue weighted by molar-refractivity contribution is -0.167. The lowest BCUT2D eigenvalue weighted by atomic mass is 10.1. The minimum atomic E-state index is -0.798. The third-order valence-electron chi connectivity index (χ3n) is 10.3. The molecule has 0 rings (SSSR count). The third kappa shape index (κ3) is 47.4. The molecule has 0 heterocycles. The molecule has 6 heteroatoms. The number of rotatable bonds is 44. The molecular weight excluding hydrogens is 769 g/mol. The van der Waals surface area contributed by atoms with Crippen LogP contribution in [0.3, 0.4) is 0 Å². The summed E-state index contributed by atoms with van der Waals surface area (Å²) in [5, 5.41) is 0. The van der Waals surface area contributed by atoms with E-state index >= 15 is 0 Å². The van der Waals surface area contributed by atoms with Gasteiger partial charge in [0, 0.05) is 19.3 Å². The van der Waals surface area contributed by atoms with Gasteiger partial charge in [0.2, 0.25) is 0 Å². The fraction of sp³-hybridized carbons (Fsp3) is 0.661. The van der Waals surface area contributed by atoms with Gasteiger partial charge in [-0.25, -0.2) is 0 Å². The molecule has 0 spiro atoms. The maximum absolute atomic E-state index is 12.8. The van der Waals surface area contributed by atoms with Crippen LogP contribution in [0.4, 0.5) is 0 Å². The van der Waals surface area contributed by atoms with Gasteiger partial charge in [0.15, 0.2) is 6.10 Å². The zero-order valence-electron chi connectivity index (χ0n) is 40.1. The van der Waals surface area contributed by atoms with Crippen molar-refractivity contribution in [2.45, 2.75) is 226 Å². The largest absolute Gasteiger partial charge is 0.462 e. The standard InChI is InChI=1S/C56H92O6/c1-4-7-10-13-16-19-21-23-25-27-28-29-31-32-34-37-40-43-46-49-55(58)61-52-53(51-60-54(57)48-45-42-39-36-18-15-12-9-6-3)62-56(59)50-47-44-41-38-35-33-30-26-24-22-20-17-14-11-8-5-2/h7-8,10-11,16-17,19-20,23-26,28-29,33,35,53H,4-6,9,12-15,18,21-22,27,30-32,34,36-52H2,1-3H3/b10-7-,11-8-,19-16-,20-17-,25-23-,26-24-,29-28-,35-33-. The Labute approximate surface area is 381 Å². The molecule has 0 aromatic carbocycles. The van der Waals surface area contributed by atoms with Crippen LogP contribution < -0.4 is 0 Å². The summed E-state index contributed by atoms with van der Waals surface area (Å²) in [4.78, 5) is 37.9. The van der Waals surface area contributed by atoms with Gasteiger partial charge in [0.25, 0.3) is 0 Å². The maximum Gasteiger partial charge on any atom is 0.306 e. The van der Waals surface area contributed by atoms with Crippen molar-refractivity contribution in [1.82, 2.24) is 0 Å². The van der Waals surface area contributed by atoms with E-state index in [2.05, 4.69) is 118 Å². The SMILES string of the molecule is CC/C=C\C/C=C\C/C=C\C/C=C\CCCCCCCCC(=O)OCC(COC(=O)CCCCCCCCCCC)OC(=O)CCCCC/C=C\C/C=C\C/C=C\C/C=C\CC. The summed E-state index contributed by atoms with van der Waals surface area (Å²) in [5.41, 5.74) is 0. The molecule has 0 radical (unpaired) electrons. The first-order chi connectivity index (χ1) is 30.5. The van der Waals surface area contributed by atoms with Crippen molar-refractivity contribution in [3.63, 3.8) is 0 Å². The third-order valence-corrected chi connectivity index (χ3v) is 10.3. The van der Waals surface area contributed by atoms with Crippen LogP contribution >= 0.6 is 0 Å². The van der Waals surface area contributed by atoms with Crippen LogP contribution in [0.15, 0.2) is 97.2 Å². The van der Waals surface area contributed by atoms with Crippen molar-refractivity contribution in [3.8, 4) is 0 Å². The lowest BCUT2D eigenvalue weighted by Crippen LogP contribution is -2.30. The van der Waals surface area contributed by atoms with Gasteiger partial charge in [-0.1, -0.05) is 201 Å². The second-order valence-corrected chi connectivity index (χ2v) is 16.3. The number of hydrogen-bond donors (Lipinski definition) is 0. The average Bonchev–Trinajstić information content (AvgIpc) is 3.27. The zero-order valence-corrected chi connectivity index (χ0v) is 40.1. The molecule has 0 aliphatic heterocycles. The number of hydrogen-bond acceptors (Lipinski definition) is 6. The summed E-state index contributed by atoms with van der Waals surface area (Å²) in [6, 6.07) is 0. The van der Waals surface area contributed by atoms with Crippen LogP contribution in [-0.2, 0) is 28.6 Å². The van der Waals surface area contributed by atoms with Gasteiger partial charge in [-0.05, 0) is 96.3 Å². The van der Waals surface area contributed by atoms with E-state index in [4.69, 9.17) is 14.2 Å². The number of unbranched alkanes of at least 4 members (excludes halogenated alkanes) is 17. The van der Waals surface area contributed by atoms with Crippen LogP contribution in [0, 0.1) is 0 Å². The molecule has 0 saturated heterocycles. The highest BCUT2D eigenvalue weighted by Gasteiger charge is 2.19. The number of carbonyl (C=O) groups excluding carboxylic acids is 3. The molecule has 0 amide bonds. The van der Waals surface area contributed by atoms with Gasteiger partial charge in [0.1, 0.15) is 13.2 Å². The van der Waals surface area contributed by atoms with Crippen LogP contribution in [0.2, 0.25) is 0 Å². The predicted octanol–water partition coefficient (Wildman–Crippen LogP) is 16.6. The highest BCUT2D eigenvalue weighted by Crippen LogP contribution is 2.13. The minimum absolute atomic E-state index is 0.0952. The summed E-state index contributed by atoms with van der Waals surface area (Å²) >= 11 is 0. The molecule has 0 aliphatic carbocycles. The number of carbonyl (C=O) groups is 3. The summed E-state index contributed by atoms with van der Waals surface area (Å²) in [5.74, 6) is -0.948. The lowest BCUT2D eigenvalue weighted by Gasteiger charge is -2.18. The number of allylic oxidation sites excluding steroid dienone is 16. The molecule has 0 fully saturated rings. The fourth-order valence-corrected chi connectivity index (χ4v) is 6.60. The Hall–Kier alpha value is -3.67. The van der Waals surface area contributed by atoms with Crippen molar-refractivity contribution in [1.29, 1.82) is 0 Å². The molecule has 0 aromatic rings. The summed E-state index contributed by atoms with van der Waals surface area (Å²) in [6.07, 6.45) is 65.3. The second-order valence-electron chi connectivity index (χ2n) is 16.3. The Morgan fingerprint density at radius 3 is 1.00 bits per heavy atom. The summed E-state index contributed by atoms with van der Waals surface area (Å²) < 4.78 is 16.7. The summed E-state index contributed by atoms with van der Waals surface area (Å²) in [6.45, 7) is 6.34. The van der Waals surface area contributed by atoms with Gasteiger partial charge in [-0.3, -0.25) is 14.4 Å². The molecule has 0 bridgehead atoms. The molecule has 0 aromatic heterocycles. The van der Waals surface area contributed by atoms with Crippen LogP contribution in [-0.4, -0.2) is 37.2 Å². The fourth-order valence-electron chi connectivity index (χ4n) is 6.60. The first kappa shape index (κ1) is 58.3. The van der Waals surface area contributed by atoms with Crippen molar-refractivity contribution < 1.29 is 28.6 Å². The molecule has 352 valence electrons. The molecule has 6 nitrogen and oxygen atoms in total. The van der Waals surface area contributed by atoms with Gasteiger partial charge in [-0.2, -0.15) is 0 Å². The molecule has 1 atom stereocenters. The first-order valence-corrected chi connectivity index (χ1v) is 25.2. The smallest absolute Gasteiger partial charge is 0.306 e. The molecule has 62 heavy (non-hydrogen) atoms. The molecule has 0 aliphatic rings. The van der Waals surface area contributed by atoms with Gasteiger partial charge < -0.3 is 14.2 Å². The van der Waals surface area contributed by atoms with E-state index in [1.807, 2.05) is 0 Å². The molecule has 0 saturated carbocycles. The topological polar surface area (TPSA) is 78.9 Å². The Morgan fingerprint density at radius 2 is 0.629 bits per heavy atom. The van der Waals surface area contributed by atoms with E-state index in [0.717, 1.165) is 128 Å². The zero-order chi connectivity index (χ0) is 45.1. The van der Waals surface area contributed by atoms with Gasteiger partial charge in [-0.15, -0.1) is 0 Å². The van der Waals surface area contributed by atoms with Crippen LogP contribution in [0.5, 0.6) is 0 Å². The predicted molar refractivity (Wildman–Crippen MR) is 265 cm³/mol. The quantitative estimate of drug-likeness (QED) is 0.0263. The van der Waals surface area contributed by atoms with E-state index in [0.29, 0.717) is 12.8 Å². The van der Waals surface area contributed by atoms with Crippen molar-refractivity contribution in [2.24, 2.45) is 0 Å². The normalized spacial score (nSPS) is 12.9. The van der Waals surface area contributed by atoms with Gasteiger partial charge in [0.05, 0.1) is 0 Å². The van der Waals surface area contributed by atoms with E-state index in [1.54, 1.807) is 0 Å². The number of ether oxygens (including phenoxy) is 3. The van der Waals surface area contributed by atoms with E-state index in [9.17, 15) is 14.4 Å². The summed E-state index contributed by atoms with van der Waals surface area (Å²) in [7, 11) is 0. The van der Waals surface area contributed by atoms with Crippen molar-refractivity contribution >= 4 is 17.9 Å². The Kier molecular flexibility index (Phi) is 47.0. The van der Waals surface area contributed by atoms with Crippen LogP contribution in [0.25, 0.3) is 0 Å². The van der Waals surface area contributed by atoms with Crippen LogP contribution in [0.1, 0.15) is 220 Å². The van der Waals surface area contributed by atoms with E-state index in [1.165, 1.54) is 51.4 Å². The van der Waals surface area contributed by atoms with Crippen molar-refractivity contribution in [3.05, 3.63) is 97.2 Å². The highest BCUT2D eigenvalue weighted by molar-refractivity contribution is 5.71. The Bertz CT molecular complexity index is 1260. The number of esters is 3. The molecule has 1 unspecified atom stereocenters. The molecule has 0 N–H and O–H groups in total. The second kappa shape index (κ2) is 50.0.